The van der Waals surface area contributed by atoms with Crippen LogP contribution >= 0.6 is 0 Å². The highest BCUT2D eigenvalue weighted by atomic mass is 16.5. The van der Waals surface area contributed by atoms with E-state index >= 15 is 0 Å². The van der Waals surface area contributed by atoms with E-state index in [1.165, 1.54) is 36.0 Å². The van der Waals surface area contributed by atoms with Crippen molar-refractivity contribution in [1.82, 2.24) is 0 Å². The largest absolute Gasteiger partial charge is 0.380 e. The van der Waals surface area contributed by atoms with E-state index in [0.29, 0.717) is 5.92 Å². The summed E-state index contributed by atoms with van der Waals surface area (Å²) in [6, 6.07) is 8.85. The van der Waals surface area contributed by atoms with E-state index in [0.717, 1.165) is 26.0 Å². The first-order valence-electron chi connectivity index (χ1n) is 7.31. The standard InChI is InChI=1S/C17H25NO/c1-19-13-14(6-5-11-18)12-16-9-4-8-15-7-2-3-10-17(15)16/h2-3,7,10,12,16H,4-6,8-9,11,13,18H2,1H3/b14-12+. The smallest absolute Gasteiger partial charge is 0.0673 e. The van der Waals surface area contributed by atoms with Gasteiger partial charge in [-0.1, -0.05) is 30.3 Å². The van der Waals surface area contributed by atoms with Crippen LogP contribution in [0.15, 0.2) is 35.9 Å². The van der Waals surface area contributed by atoms with Crippen LogP contribution in [0.5, 0.6) is 0 Å². The Kier molecular flexibility index (Phi) is 5.62. The number of hydrogen-bond donors (Lipinski definition) is 1. The van der Waals surface area contributed by atoms with E-state index in [1.54, 1.807) is 7.11 Å². The molecule has 19 heavy (non-hydrogen) atoms. The molecule has 2 nitrogen and oxygen atoms in total. The third-order valence-electron chi connectivity index (χ3n) is 3.88. The maximum Gasteiger partial charge on any atom is 0.0673 e. The van der Waals surface area contributed by atoms with Crippen molar-refractivity contribution < 1.29 is 4.74 Å². The van der Waals surface area contributed by atoms with E-state index in [-0.39, 0.29) is 0 Å². The minimum atomic E-state index is 0.563. The van der Waals surface area contributed by atoms with Crippen molar-refractivity contribution in [3.8, 4) is 0 Å². The molecule has 1 aromatic rings. The number of nitrogens with two attached hydrogens (primary N) is 1. The number of allylic oxidation sites excluding steroid dienone is 1. The van der Waals surface area contributed by atoms with E-state index in [9.17, 15) is 0 Å². The molecular formula is C17H25NO. The summed E-state index contributed by atoms with van der Waals surface area (Å²) in [5.41, 5.74) is 10.0. The SMILES string of the molecule is COC/C(=C/C1CCCc2ccccc21)CCCN. The number of aryl methyl sites for hydroxylation is 1. The van der Waals surface area contributed by atoms with Crippen molar-refractivity contribution in [1.29, 1.82) is 0 Å². The van der Waals surface area contributed by atoms with Gasteiger partial charge in [0, 0.05) is 13.0 Å². The van der Waals surface area contributed by atoms with Gasteiger partial charge in [0.25, 0.3) is 0 Å². The van der Waals surface area contributed by atoms with Crippen molar-refractivity contribution in [2.45, 2.75) is 38.0 Å². The van der Waals surface area contributed by atoms with Crippen LogP contribution < -0.4 is 5.73 Å². The summed E-state index contributed by atoms with van der Waals surface area (Å²) in [6.07, 6.45) is 8.30. The Labute approximate surface area is 116 Å². The molecule has 2 rings (SSSR count). The summed E-state index contributed by atoms with van der Waals surface area (Å²) >= 11 is 0. The second kappa shape index (κ2) is 7.46. The molecule has 1 atom stereocenters. The molecule has 1 aromatic carbocycles. The fourth-order valence-electron chi connectivity index (χ4n) is 2.97. The van der Waals surface area contributed by atoms with Gasteiger partial charge in [0.1, 0.15) is 0 Å². The second-order valence-electron chi connectivity index (χ2n) is 5.35. The quantitative estimate of drug-likeness (QED) is 0.794. The first-order valence-corrected chi connectivity index (χ1v) is 7.31. The third kappa shape index (κ3) is 3.92. The topological polar surface area (TPSA) is 35.2 Å². The van der Waals surface area contributed by atoms with Crippen molar-refractivity contribution in [3.05, 3.63) is 47.0 Å². The zero-order valence-electron chi connectivity index (χ0n) is 11.9. The number of methoxy groups -OCH3 is 1. The average Bonchev–Trinajstić information content (AvgIpc) is 2.45. The Balaban J connectivity index is 2.16. The van der Waals surface area contributed by atoms with Crippen LogP contribution in [-0.4, -0.2) is 20.3 Å². The lowest BCUT2D eigenvalue weighted by atomic mass is 9.81. The molecule has 0 spiro atoms. The number of fused-ring (bicyclic) bond motifs is 1. The van der Waals surface area contributed by atoms with Crippen LogP contribution in [0.3, 0.4) is 0 Å². The van der Waals surface area contributed by atoms with Crippen LogP contribution in [-0.2, 0) is 11.2 Å². The molecule has 0 saturated heterocycles. The van der Waals surface area contributed by atoms with Gasteiger partial charge in [-0.2, -0.15) is 0 Å². The van der Waals surface area contributed by atoms with Gasteiger partial charge in [0.15, 0.2) is 0 Å². The highest BCUT2D eigenvalue weighted by Gasteiger charge is 2.18. The minimum absolute atomic E-state index is 0.563. The molecule has 1 aliphatic carbocycles. The van der Waals surface area contributed by atoms with Crippen molar-refractivity contribution in [2.75, 3.05) is 20.3 Å². The van der Waals surface area contributed by atoms with Crippen molar-refractivity contribution in [3.63, 3.8) is 0 Å². The first kappa shape index (κ1) is 14.3. The van der Waals surface area contributed by atoms with E-state index in [2.05, 4.69) is 30.3 Å². The molecule has 2 N–H and O–H groups in total. The summed E-state index contributed by atoms with van der Waals surface area (Å²) < 4.78 is 5.32. The molecule has 0 bridgehead atoms. The summed E-state index contributed by atoms with van der Waals surface area (Å²) in [5, 5.41) is 0. The Morgan fingerprint density at radius 2 is 2.26 bits per heavy atom. The zero-order chi connectivity index (χ0) is 13.5. The summed E-state index contributed by atoms with van der Waals surface area (Å²) in [7, 11) is 1.77. The second-order valence-corrected chi connectivity index (χ2v) is 5.35. The summed E-state index contributed by atoms with van der Waals surface area (Å²) in [4.78, 5) is 0. The predicted molar refractivity (Wildman–Crippen MR) is 80.4 cm³/mol. The van der Waals surface area contributed by atoms with Crippen LogP contribution in [0.25, 0.3) is 0 Å². The van der Waals surface area contributed by atoms with Gasteiger partial charge < -0.3 is 10.5 Å². The molecule has 0 heterocycles. The van der Waals surface area contributed by atoms with Gasteiger partial charge in [0.05, 0.1) is 6.61 Å². The van der Waals surface area contributed by atoms with Gasteiger partial charge in [-0.25, -0.2) is 0 Å². The molecule has 0 radical (unpaired) electrons. The number of rotatable bonds is 6. The van der Waals surface area contributed by atoms with Gasteiger partial charge in [-0.05, 0) is 55.3 Å². The number of hydrogen-bond acceptors (Lipinski definition) is 2. The van der Waals surface area contributed by atoms with Crippen LogP contribution in [0, 0.1) is 0 Å². The minimum Gasteiger partial charge on any atom is -0.380 e. The van der Waals surface area contributed by atoms with E-state index in [1.807, 2.05) is 0 Å². The Morgan fingerprint density at radius 1 is 1.42 bits per heavy atom. The van der Waals surface area contributed by atoms with Gasteiger partial charge >= 0.3 is 0 Å². The molecule has 0 amide bonds. The summed E-state index contributed by atoms with van der Waals surface area (Å²) in [5.74, 6) is 0.563. The monoisotopic (exact) mass is 259 g/mol. The highest BCUT2D eigenvalue weighted by Crippen LogP contribution is 2.33. The van der Waals surface area contributed by atoms with Gasteiger partial charge in [-0.3, -0.25) is 0 Å². The Morgan fingerprint density at radius 3 is 3.05 bits per heavy atom. The third-order valence-corrected chi connectivity index (χ3v) is 3.88. The van der Waals surface area contributed by atoms with Gasteiger partial charge in [-0.15, -0.1) is 0 Å². The van der Waals surface area contributed by atoms with Gasteiger partial charge in [0.2, 0.25) is 0 Å². The molecule has 2 heteroatoms. The maximum absolute atomic E-state index is 5.61. The lowest BCUT2D eigenvalue weighted by Gasteiger charge is -2.24. The molecule has 0 fully saturated rings. The lowest BCUT2D eigenvalue weighted by molar-refractivity contribution is 0.222. The number of benzene rings is 1. The molecular weight excluding hydrogens is 234 g/mol. The van der Waals surface area contributed by atoms with E-state index < -0.39 is 0 Å². The molecule has 0 aliphatic heterocycles. The van der Waals surface area contributed by atoms with Crippen molar-refractivity contribution in [2.24, 2.45) is 5.73 Å². The number of ether oxygens (including phenoxy) is 1. The highest BCUT2D eigenvalue weighted by molar-refractivity contribution is 5.36. The normalized spacial score (nSPS) is 19.3. The predicted octanol–water partition coefficient (Wildman–Crippen LogP) is 3.42. The Hall–Kier alpha value is -1.12. The fourth-order valence-corrected chi connectivity index (χ4v) is 2.97. The summed E-state index contributed by atoms with van der Waals surface area (Å²) in [6.45, 7) is 1.49. The molecule has 104 valence electrons. The zero-order valence-corrected chi connectivity index (χ0v) is 11.9. The molecule has 0 aromatic heterocycles. The first-order chi connectivity index (χ1) is 9.35. The molecule has 0 saturated carbocycles. The maximum atomic E-state index is 5.61. The van der Waals surface area contributed by atoms with Crippen LogP contribution in [0.1, 0.15) is 42.7 Å². The average molecular weight is 259 g/mol. The van der Waals surface area contributed by atoms with Crippen molar-refractivity contribution >= 4 is 0 Å². The van der Waals surface area contributed by atoms with Crippen LogP contribution in [0.4, 0.5) is 0 Å². The lowest BCUT2D eigenvalue weighted by Crippen LogP contribution is -2.10. The fraction of sp³-hybridized carbons (Fsp3) is 0.529. The Bertz CT molecular complexity index is 425. The van der Waals surface area contributed by atoms with Crippen LogP contribution in [0.2, 0.25) is 0 Å². The van der Waals surface area contributed by atoms with E-state index in [4.69, 9.17) is 10.5 Å². The molecule has 1 aliphatic rings. The molecule has 1 unspecified atom stereocenters.